The molecular weight excluding hydrogens is 378 g/mol. The fourth-order valence-electron chi connectivity index (χ4n) is 2.23. The molecule has 0 aliphatic heterocycles. The average Bonchev–Trinajstić information content (AvgIpc) is 2.37. The van der Waals surface area contributed by atoms with Crippen molar-refractivity contribution in [3.05, 3.63) is 25.3 Å². The molecule has 1 nitrogen and oxygen atoms in total. The molecule has 0 aromatic carbocycles. The largest absolute Gasteiger partial charge is 0.313 e. The van der Waals surface area contributed by atoms with E-state index in [2.05, 4.69) is 25.4 Å². The van der Waals surface area contributed by atoms with Gasteiger partial charge in [-0.05, 0) is 25.8 Å². The van der Waals surface area contributed by atoms with E-state index in [0.717, 1.165) is 19.4 Å². The molecule has 0 heterocycles. The van der Waals surface area contributed by atoms with E-state index in [0.29, 0.717) is 6.04 Å². The molecular formula is C17H35Br2N. The lowest BCUT2D eigenvalue weighted by Crippen LogP contribution is -2.28. The standard InChI is InChI=1S/C17H33N.2BrH/c1-4-7-8-9-10-11-12-13-16-18-17(14-5-2)15-6-3;;/h5-6,17-18H,2-4,7-16H2,1H3;2*1H. The van der Waals surface area contributed by atoms with Gasteiger partial charge in [-0.3, -0.25) is 0 Å². The van der Waals surface area contributed by atoms with Gasteiger partial charge in [0.05, 0.1) is 0 Å². The molecule has 0 fully saturated rings. The van der Waals surface area contributed by atoms with Gasteiger partial charge in [0.2, 0.25) is 0 Å². The van der Waals surface area contributed by atoms with Crippen LogP contribution in [0.15, 0.2) is 25.3 Å². The van der Waals surface area contributed by atoms with Gasteiger partial charge in [-0.25, -0.2) is 0 Å². The van der Waals surface area contributed by atoms with Gasteiger partial charge in [0.1, 0.15) is 0 Å². The van der Waals surface area contributed by atoms with Crippen molar-refractivity contribution in [2.45, 2.75) is 77.2 Å². The van der Waals surface area contributed by atoms with Gasteiger partial charge in [0, 0.05) is 6.04 Å². The van der Waals surface area contributed by atoms with Gasteiger partial charge < -0.3 is 5.32 Å². The smallest absolute Gasteiger partial charge is 0.0136 e. The quantitative estimate of drug-likeness (QED) is 0.257. The topological polar surface area (TPSA) is 12.0 Å². The van der Waals surface area contributed by atoms with Crippen LogP contribution in [0.1, 0.15) is 71.1 Å². The first kappa shape index (κ1) is 25.4. The fourth-order valence-corrected chi connectivity index (χ4v) is 2.23. The van der Waals surface area contributed by atoms with Gasteiger partial charge in [-0.2, -0.15) is 0 Å². The Morgan fingerprint density at radius 2 is 1.25 bits per heavy atom. The second kappa shape index (κ2) is 21.7. The van der Waals surface area contributed by atoms with Crippen LogP contribution in [0.4, 0.5) is 0 Å². The van der Waals surface area contributed by atoms with Crippen molar-refractivity contribution in [2.75, 3.05) is 6.54 Å². The van der Waals surface area contributed by atoms with Gasteiger partial charge in [0.15, 0.2) is 0 Å². The summed E-state index contributed by atoms with van der Waals surface area (Å²) in [6, 6.07) is 0.546. The molecule has 0 bridgehead atoms. The molecule has 0 atom stereocenters. The summed E-state index contributed by atoms with van der Waals surface area (Å²) in [6.45, 7) is 11.0. The van der Waals surface area contributed by atoms with Gasteiger partial charge in [-0.1, -0.05) is 64.0 Å². The van der Waals surface area contributed by atoms with Crippen LogP contribution in [0.2, 0.25) is 0 Å². The summed E-state index contributed by atoms with van der Waals surface area (Å²) in [7, 11) is 0. The van der Waals surface area contributed by atoms with Crippen LogP contribution in [0.5, 0.6) is 0 Å². The Kier molecular flexibility index (Phi) is 27.5. The molecule has 0 aromatic rings. The van der Waals surface area contributed by atoms with Crippen molar-refractivity contribution in [1.29, 1.82) is 0 Å². The third kappa shape index (κ3) is 18.4. The maximum Gasteiger partial charge on any atom is 0.0136 e. The molecule has 0 radical (unpaired) electrons. The minimum atomic E-state index is 0. The maximum atomic E-state index is 3.80. The van der Waals surface area contributed by atoms with Crippen molar-refractivity contribution in [3.8, 4) is 0 Å². The Balaban J connectivity index is -0.00000144. The van der Waals surface area contributed by atoms with Gasteiger partial charge in [0.25, 0.3) is 0 Å². The van der Waals surface area contributed by atoms with Crippen molar-refractivity contribution < 1.29 is 0 Å². The molecule has 0 amide bonds. The second-order valence-corrected chi connectivity index (χ2v) is 5.17. The minimum absolute atomic E-state index is 0. The van der Waals surface area contributed by atoms with Crippen molar-refractivity contribution in [1.82, 2.24) is 5.32 Å². The summed E-state index contributed by atoms with van der Waals surface area (Å²) in [5.74, 6) is 0. The third-order valence-corrected chi connectivity index (χ3v) is 3.37. The Labute approximate surface area is 148 Å². The summed E-state index contributed by atoms with van der Waals surface area (Å²) < 4.78 is 0. The van der Waals surface area contributed by atoms with E-state index in [-0.39, 0.29) is 34.0 Å². The molecule has 3 heteroatoms. The lowest BCUT2D eigenvalue weighted by molar-refractivity contribution is 0.492. The molecule has 0 aliphatic rings. The predicted octanol–water partition coefficient (Wildman–Crippen LogP) is 6.39. The summed E-state index contributed by atoms with van der Waals surface area (Å²) in [6.07, 6.45) is 17.2. The fraction of sp³-hybridized carbons (Fsp3) is 0.765. The Hall–Kier alpha value is 0.400. The first-order chi connectivity index (χ1) is 8.85. The number of hydrogen-bond acceptors (Lipinski definition) is 1. The minimum Gasteiger partial charge on any atom is -0.313 e. The Bertz CT molecular complexity index is 185. The lowest BCUT2D eigenvalue weighted by atomic mass is 10.1. The SMILES string of the molecule is Br.Br.C=CCC(CC=C)NCCCCCCCCCC. The molecule has 1 N–H and O–H groups in total. The van der Waals surface area contributed by atoms with E-state index in [9.17, 15) is 0 Å². The lowest BCUT2D eigenvalue weighted by Gasteiger charge is -2.14. The highest BCUT2D eigenvalue weighted by Crippen LogP contribution is 2.08. The molecule has 0 rings (SSSR count). The highest BCUT2D eigenvalue weighted by molar-refractivity contribution is 8.93. The highest BCUT2D eigenvalue weighted by Gasteiger charge is 2.02. The van der Waals surface area contributed by atoms with Crippen LogP contribution in [-0.4, -0.2) is 12.6 Å². The zero-order valence-corrected chi connectivity index (χ0v) is 16.7. The second-order valence-electron chi connectivity index (χ2n) is 5.17. The summed E-state index contributed by atoms with van der Waals surface area (Å²) in [4.78, 5) is 0. The van der Waals surface area contributed by atoms with E-state index < -0.39 is 0 Å². The van der Waals surface area contributed by atoms with Crippen molar-refractivity contribution in [3.63, 3.8) is 0 Å². The maximum absolute atomic E-state index is 3.80. The molecule has 20 heavy (non-hydrogen) atoms. The monoisotopic (exact) mass is 411 g/mol. The number of rotatable bonds is 14. The zero-order chi connectivity index (χ0) is 13.5. The molecule has 0 aromatic heterocycles. The summed E-state index contributed by atoms with van der Waals surface area (Å²) >= 11 is 0. The van der Waals surface area contributed by atoms with Crippen LogP contribution in [0, 0.1) is 0 Å². The van der Waals surface area contributed by atoms with Crippen molar-refractivity contribution in [2.24, 2.45) is 0 Å². The molecule has 0 saturated carbocycles. The third-order valence-electron chi connectivity index (χ3n) is 3.37. The number of hydrogen-bond donors (Lipinski definition) is 1. The summed E-state index contributed by atoms with van der Waals surface area (Å²) in [5.41, 5.74) is 0. The summed E-state index contributed by atoms with van der Waals surface area (Å²) in [5, 5.41) is 3.59. The van der Waals surface area contributed by atoms with E-state index in [4.69, 9.17) is 0 Å². The van der Waals surface area contributed by atoms with E-state index in [1.165, 1.54) is 51.4 Å². The number of nitrogens with one attached hydrogen (secondary N) is 1. The molecule has 122 valence electrons. The molecule has 0 spiro atoms. The first-order valence-electron chi connectivity index (χ1n) is 7.80. The number of unbranched alkanes of at least 4 members (excludes halogenated alkanes) is 7. The normalized spacial score (nSPS) is 9.70. The van der Waals surface area contributed by atoms with E-state index >= 15 is 0 Å². The van der Waals surface area contributed by atoms with Crippen molar-refractivity contribution >= 4 is 34.0 Å². The van der Waals surface area contributed by atoms with Crippen LogP contribution in [0.25, 0.3) is 0 Å². The molecule has 0 unspecified atom stereocenters. The Morgan fingerprint density at radius 3 is 1.70 bits per heavy atom. The van der Waals surface area contributed by atoms with Crippen LogP contribution in [-0.2, 0) is 0 Å². The van der Waals surface area contributed by atoms with E-state index in [1.54, 1.807) is 0 Å². The molecule has 0 aliphatic carbocycles. The average molecular weight is 413 g/mol. The van der Waals surface area contributed by atoms with E-state index in [1.807, 2.05) is 12.2 Å². The highest BCUT2D eigenvalue weighted by atomic mass is 79.9. The van der Waals surface area contributed by atoms with Gasteiger partial charge in [-0.15, -0.1) is 47.1 Å². The van der Waals surface area contributed by atoms with Crippen LogP contribution >= 0.6 is 34.0 Å². The Morgan fingerprint density at radius 1 is 0.800 bits per heavy atom. The number of halogens is 2. The van der Waals surface area contributed by atoms with Crippen LogP contribution in [0.3, 0.4) is 0 Å². The molecule has 0 saturated heterocycles. The zero-order valence-electron chi connectivity index (χ0n) is 13.2. The van der Waals surface area contributed by atoms with Gasteiger partial charge >= 0.3 is 0 Å². The van der Waals surface area contributed by atoms with Crippen LogP contribution < -0.4 is 5.32 Å². The first-order valence-corrected chi connectivity index (χ1v) is 7.80. The predicted molar refractivity (Wildman–Crippen MR) is 105 cm³/mol.